The summed E-state index contributed by atoms with van der Waals surface area (Å²) in [7, 11) is 0. The first kappa shape index (κ1) is 23.3. The van der Waals surface area contributed by atoms with Gasteiger partial charge in [0.1, 0.15) is 11.4 Å². The van der Waals surface area contributed by atoms with E-state index in [0.29, 0.717) is 29.6 Å². The number of carbonyl (C=O) groups is 2. The lowest BCUT2D eigenvalue weighted by atomic mass is 9.84. The Balaban J connectivity index is 1.15. The highest BCUT2D eigenvalue weighted by molar-refractivity contribution is 6.00. The molecule has 35 heavy (non-hydrogen) atoms. The third kappa shape index (κ3) is 5.78. The average Bonchev–Trinajstić information content (AvgIpc) is 3.32. The molecule has 9 nitrogen and oxygen atoms in total. The first-order valence-electron chi connectivity index (χ1n) is 12.7. The fourth-order valence-electron chi connectivity index (χ4n) is 5.15. The summed E-state index contributed by atoms with van der Waals surface area (Å²) < 4.78 is 1.61. The van der Waals surface area contributed by atoms with Gasteiger partial charge in [0.15, 0.2) is 5.65 Å². The van der Waals surface area contributed by atoms with Crippen molar-refractivity contribution >= 4 is 23.3 Å². The van der Waals surface area contributed by atoms with Crippen molar-refractivity contribution in [3.05, 3.63) is 54.1 Å². The third-order valence-corrected chi connectivity index (χ3v) is 7.19. The number of fused-ring (bicyclic) bond motifs is 1. The van der Waals surface area contributed by atoms with Crippen molar-refractivity contribution in [1.82, 2.24) is 30.2 Å². The zero-order chi connectivity index (χ0) is 24.0. The molecule has 0 spiro atoms. The standard InChI is InChI=1S/C26H33N7O2/c34-25(30-20-6-2-1-3-7-20)19-8-10-21(11-9-19)31-26(35)22-17-29-33-14-12-23(32-24(22)33)28-16-18-5-4-13-27-15-18/h4-5,12-15,17,19-21H,1-3,6-11,16H2,(H,28,32)(H,30,34)(H,31,35)/t19-,21-. The van der Waals surface area contributed by atoms with E-state index in [0.717, 1.165) is 44.1 Å². The monoisotopic (exact) mass is 475 g/mol. The maximum absolute atomic E-state index is 13.0. The number of hydrogen-bond acceptors (Lipinski definition) is 6. The molecule has 3 heterocycles. The van der Waals surface area contributed by atoms with E-state index in [4.69, 9.17) is 0 Å². The molecule has 0 atom stereocenters. The molecule has 3 N–H and O–H groups in total. The molecule has 0 saturated heterocycles. The predicted molar refractivity (Wildman–Crippen MR) is 133 cm³/mol. The van der Waals surface area contributed by atoms with Crippen molar-refractivity contribution in [3.63, 3.8) is 0 Å². The number of pyridine rings is 1. The van der Waals surface area contributed by atoms with Crippen LogP contribution in [0.5, 0.6) is 0 Å². The second-order valence-corrected chi connectivity index (χ2v) is 9.72. The van der Waals surface area contributed by atoms with Crippen LogP contribution in [0.1, 0.15) is 73.7 Å². The van der Waals surface area contributed by atoms with Crippen LogP contribution in [0, 0.1) is 5.92 Å². The van der Waals surface area contributed by atoms with Crippen LogP contribution in [-0.4, -0.2) is 43.5 Å². The van der Waals surface area contributed by atoms with Crippen molar-refractivity contribution in [2.24, 2.45) is 5.92 Å². The van der Waals surface area contributed by atoms with Gasteiger partial charge in [-0.05, 0) is 56.2 Å². The molecule has 0 aromatic carbocycles. The fourth-order valence-corrected chi connectivity index (χ4v) is 5.15. The van der Waals surface area contributed by atoms with E-state index in [2.05, 4.69) is 31.0 Å². The Hall–Kier alpha value is -3.49. The van der Waals surface area contributed by atoms with Crippen LogP contribution in [0.4, 0.5) is 5.82 Å². The summed E-state index contributed by atoms with van der Waals surface area (Å²) in [5, 5.41) is 14.0. The van der Waals surface area contributed by atoms with Crippen molar-refractivity contribution in [3.8, 4) is 0 Å². The summed E-state index contributed by atoms with van der Waals surface area (Å²) in [6, 6.07) is 6.12. The molecule has 0 aliphatic heterocycles. The van der Waals surface area contributed by atoms with E-state index < -0.39 is 0 Å². The van der Waals surface area contributed by atoms with Gasteiger partial charge in [0, 0.05) is 43.1 Å². The lowest BCUT2D eigenvalue weighted by Gasteiger charge is -2.30. The van der Waals surface area contributed by atoms with E-state index in [-0.39, 0.29) is 23.8 Å². The summed E-state index contributed by atoms with van der Waals surface area (Å²) in [6.45, 7) is 0.588. The zero-order valence-corrected chi connectivity index (χ0v) is 19.9. The Morgan fingerprint density at radius 1 is 0.943 bits per heavy atom. The Bertz CT molecular complexity index is 1150. The molecule has 2 fully saturated rings. The SMILES string of the molecule is O=C(N[C@H]1CC[C@H](C(=O)NC2CCCCC2)CC1)c1cnn2ccc(NCc3cccnc3)nc12. The van der Waals surface area contributed by atoms with E-state index >= 15 is 0 Å². The number of anilines is 1. The molecule has 3 aromatic heterocycles. The van der Waals surface area contributed by atoms with Crippen molar-refractivity contribution < 1.29 is 9.59 Å². The van der Waals surface area contributed by atoms with Crippen LogP contribution in [0.15, 0.2) is 43.0 Å². The molecule has 2 saturated carbocycles. The summed E-state index contributed by atoms with van der Waals surface area (Å²) in [5.41, 5.74) is 2.01. The molecule has 0 bridgehead atoms. The van der Waals surface area contributed by atoms with Crippen LogP contribution >= 0.6 is 0 Å². The topological polar surface area (TPSA) is 113 Å². The maximum Gasteiger partial charge on any atom is 0.256 e. The van der Waals surface area contributed by atoms with Gasteiger partial charge in [0.2, 0.25) is 5.91 Å². The molecule has 0 radical (unpaired) electrons. The van der Waals surface area contributed by atoms with Crippen molar-refractivity contribution in [1.29, 1.82) is 0 Å². The first-order chi connectivity index (χ1) is 17.2. The number of hydrogen-bond donors (Lipinski definition) is 3. The number of nitrogens with one attached hydrogen (secondary N) is 3. The van der Waals surface area contributed by atoms with Gasteiger partial charge in [-0.15, -0.1) is 0 Å². The van der Waals surface area contributed by atoms with Gasteiger partial charge in [0.05, 0.1) is 6.20 Å². The minimum atomic E-state index is -0.174. The van der Waals surface area contributed by atoms with E-state index in [1.807, 2.05) is 18.2 Å². The Kier molecular flexibility index (Phi) is 7.20. The number of amides is 2. The van der Waals surface area contributed by atoms with Gasteiger partial charge in [-0.2, -0.15) is 5.10 Å². The molecule has 184 valence electrons. The van der Waals surface area contributed by atoms with Crippen LogP contribution in [0.2, 0.25) is 0 Å². The van der Waals surface area contributed by atoms with Gasteiger partial charge in [-0.3, -0.25) is 14.6 Å². The largest absolute Gasteiger partial charge is 0.366 e. The lowest BCUT2D eigenvalue weighted by Crippen LogP contribution is -2.43. The summed E-state index contributed by atoms with van der Waals surface area (Å²) >= 11 is 0. The van der Waals surface area contributed by atoms with E-state index in [1.54, 1.807) is 29.3 Å². The van der Waals surface area contributed by atoms with Crippen LogP contribution in [-0.2, 0) is 11.3 Å². The molecule has 9 heteroatoms. The van der Waals surface area contributed by atoms with Crippen LogP contribution < -0.4 is 16.0 Å². The van der Waals surface area contributed by atoms with Crippen LogP contribution in [0.25, 0.3) is 5.65 Å². The van der Waals surface area contributed by atoms with Crippen molar-refractivity contribution in [2.45, 2.75) is 76.4 Å². The highest BCUT2D eigenvalue weighted by atomic mass is 16.2. The molecule has 2 aliphatic carbocycles. The molecular weight excluding hydrogens is 442 g/mol. The highest BCUT2D eigenvalue weighted by Gasteiger charge is 2.29. The normalized spacial score (nSPS) is 20.9. The lowest BCUT2D eigenvalue weighted by molar-refractivity contribution is -0.127. The Morgan fingerprint density at radius 3 is 2.51 bits per heavy atom. The van der Waals surface area contributed by atoms with Gasteiger partial charge in [0.25, 0.3) is 5.91 Å². The molecule has 0 unspecified atom stereocenters. The second kappa shape index (κ2) is 10.8. The van der Waals surface area contributed by atoms with Gasteiger partial charge in [-0.1, -0.05) is 25.3 Å². The predicted octanol–water partition coefficient (Wildman–Crippen LogP) is 3.47. The van der Waals surface area contributed by atoms with Gasteiger partial charge >= 0.3 is 0 Å². The van der Waals surface area contributed by atoms with Gasteiger partial charge < -0.3 is 16.0 Å². The summed E-state index contributed by atoms with van der Waals surface area (Å²) in [6.07, 6.45) is 16.0. The fraction of sp³-hybridized carbons (Fsp3) is 0.500. The Morgan fingerprint density at radius 2 is 1.74 bits per heavy atom. The maximum atomic E-state index is 13.0. The van der Waals surface area contributed by atoms with Gasteiger partial charge in [-0.25, -0.2) is 9.50 Å². The number of carbonyl (C=O) groups excluding carboxylic acids is 2. The second-order valence-electron chi connectivity index (χ2n) is 9.72. The first-order valence-corrected chi connectivity index (χ1v) is 12.7. The molecular formula is C26H33N7O2. The average molecular weight is 476 g/mol. The van der Waals surface area contributed by atoms with Crippen molar-refractivity contribution in [2.75, 3.05) is 5.32 Å². The van der Waals surface area contributed by atoms with E-state index in [9.17, 15) is 9.59 Å². The molecule has 2 amide bonds. The molecule has 3 aromatic rings. The highest BCUT2D eigenvalue weighted by Crippen LogP contribution is 2.26. The smallest absolute Gasteiger partial charge is 0.256 e. The number of rotatable bonds is 7. The van der Waals surface area contributed by atoms with Crippen LogP contribution in [0.3, 0.4) is 0 Å². The number of aromatic nitrogens is 4. The molecule has 2 aliphatic rings. The Labute approximate surface area is 205 Å². The third-order valence-electron chi connectivity index (χ3n) is 7.19. The summed E-state index contributed by atoms with van der Waals surface area (Å²) in [5.74, 6) is 0.740. The number of nitrogens with zero attached hydrogens (tertiary/aromatic N) is 4. The van der Waals surface area contributed by atoms with E-state index in [1.165, 1.54) is 19.3 Å². The molecule has 5 rings (SSSR count). The minimum absolute atomic E-state index is 0.0529. The zero-order valence-electron chi connectivity index (χ0n) is 19.9. The quantitative estimate of drug-likeness (QED) is 0.482. The minimum Gasteiger partial charge on any atom is -0.366 e. The summed E-state index contributed by atoms with van der Waals surface area (Å²) in [4.78, 5) is 34.5.